The maximum atomic E-state index is 10.9. The van der Waals surface area contributed by atoms with Crippen molar-refractivity contribution in [3.05, 3.63) is 0 Å². The first-order valence-electron chi connectivity index (χ1n) is 16.4. The van der Waals surface area contributed by atoms with E-state index in [-0.39, 0.29) is 17.9 Å². The lowest BCUT2D eigenvalue weighted by Gasteiger charge is -2.29. The molecule has 16 nitrogen and oxygen atoms in total. The zero-order chi connectivity index (χ0) is 39.5. The van der Waals surface area contributed by atoms with Crippen molar-refractivity contribution in [2.45, 2.75) is 77.7 Å². The summed E-state index contributed by atoms with van der Waals surface area (Å²) in [4.78, 5) is 62.7. The first-order chi connectivity index (χ1) is 22.1. The average molecular weight is 712 g/mol. The summed E-state index contributed by atoms with van der Waals surface area (Å²) in [6.07, 6.45) is 1.49. The van der Waals surface area contributed by atoms with Crippen LogP contribution in [0, 0.1) is 0 Å². The summed E-state index contributed by atoms with van der Waals surface area (Å²) >= 11 is 0. The highest BCUT2D eigenvalue weighted by molar-refractivity contribution is 5.86. The average Bonchev–Trinajstić information content (AvgIpc) is 2.87. The van der Waals surface area contributed by atoms with Crippen LogP contribution in [0.25, 0.3) is 0 Å². The van der Waals surface area contributed by atoms with Crippen molar-refractivity contribution in [1.82, 2.24) is 0 Å². The molecule has 0 aliphatic rings. The lowest BCUT2D eigenvalue weighted by molar-refractivity contribution is -0.870. The van der Waals surface area contributed by atoms with E-state index >= 15 is 0 Å². The molecule has 0 amide bonds. The quantitative estimate of drug-likeness (QED) is 0.0811. The van der Waals surface area contributed by atoms with Crippen molar-refractivity contribution < 1.29 is 76.9 Å². The van der Waals surface area contributed by atoms with Gasteiger partial charge in [-0.3, -0.25) is 14.4 Å². The summed E-state index contributed by atoms with van der Waals surface area (Å²) in [6, 6.07) is 0. The molecule has 49 heavy (non-hydrogen) atoms. The molecule has 1 N–H and O–H groups in total. The largest absolute Gasteiger partial charge is 0.550 e. The SMILES string of the molecule is CCCC(=O)OCC[N+](C)(C)C.CCCC(=O)OCC[N+](C)(C)C.CCCC(=O)OCC[N+](C)(C)C.O=C([O-])CC(O)(CC(=O)[O-])C(=O)[O-]. The molecule has 0 aliphatic carbocycles. The molecule has 0 saturated carbocycles. The number of aliphatic hydroxyl groups is 1. The maximum Gasteiger partial charge on any atom is 0.305 e. The molecule has 0 aliphatic heterocycles. The Morgan fingerprint density at radius 3 is 0.878 bits per heavy atom. The third-order valence-corrected chi connectivity index (χ3v) is 5.69. The lowest BCUT2D eigenvalue weighted by atomic mass is 9.96. The summed E-state index contributed by atoms with van der Waals surface area (Å²) < 4.78 is 17.5. The lowest BCUT2D eigenvalue weighted by Crippen LogP contribution is -2.54. The highest BCUT2D eigenvalue weighted by Crippen LogP contribution is 2.13. The number of aliphatic carboxylic acids is 3. The number of carbonyl (C=O) groups is 6. The van der Waals surface area contributed by atoms with Gasteiger partial charge in [0, 0.05) is 44.0 Å². The predicted molar refractivity (Wildman–Crippen MR) is 176 cm³/mol. The molecule has 0 atom stereocenters. The number of carboxylic acids is 3. The molecule has 0 aromatic rings. The highest BCUT2D eigenvalue weighted by atomic mass is 16.5. The fourth-order valence-electron chi connectivity index (χ4n) is 2.81. The van der Waals surface area contributed by atoms with Gasteiger partial charge in [-0.2, -0.15) is 0 Å². The third-order valence-electron chi connectivity index (χ3n) is 5.69. The summed E-state index contributed by atoms with van der Waals surface area (Å²) in [6.45, 7) is 10.1. The second-order valence-electron chi connectivity index (χ2n) is 14.4. The first kappa shape index (κ1) is 52.5. The van der Waals surface area contributed by atoms with E-state index in [4.69, 9.17) is 19.3 Å². The van der Waals surface area contributed by atoms with Gasteiger partial charge in [-0.05, 0) is 19.3 Å². The fraction of sp³-hybridized carbons (Fsp3) is 0.818. The molecule has 0 unspecified atom stereocenters. The number of esters is 3. The number of quaternary nitrogens is 3. The van der Waals surface area contributed by atoms with Crippen LogP contribution in [0.4, 0.5) is 0 Å². The second kappa shape index (κ2) is 27.5. The number of likely N-dealkylation sites (N-methyl/N-ethyl adjacent to an activating group) is 3. The normalized spacial score (nSPS) is 11.2. The predicted octanol–water partition coefficient (Wildman–Crippen LogP) is -2.14. The van der Waals surface area contributed by atoms with Crippen LogP contribution >= 0.6 is 0 Å². The molecular formula is C33H65N3O13. The molecule has 0 aromatic carbocycles. The van der Waals surface area contributed by atoms with Gasteiger partial charge in [0.1, 0.15) is 45.1 Å². The zero-order valence-corrected chi connectivity index (χ0v) is 32.1. The number of rotatable bonds is 20. The molecule has 0 saturated heterocycles. The van der Waals surface area contributed by atoms with Crippen LogP contribution in [0.1, 0.15) is 72.1 Å². The third kappa shape index (κ3) is 44.7. The number of hydrogen-bond acceptors (Lipinski definition) is 13. The van der Waals surface area contributed by atoms with E-state index in [2.05, 4.69) is 63.4 Å². The van der Waals surface area contributed by atoms with Crippen molar-refractivity contribution in [3.8, 4) is 0 Å². The molecule has 0 rings (SSSR count). The van der Waals surface area contributed by atoms with E-state index in [1.807, 2.05) is 20.8 Å². The number of nitrogens with zero attached hydrogens (tertiary/aromatic N) is 3. The highest BCUT2D eigenvalue weighted by Gasteiger charge is 2.29. The second-order valence-corrected chi connectivity index (χ2v) is 14.4. The Labute approximate surface area is 293 Å². The van der Waals surface area contributed by atoms with E-state index in [1.54, 1.807) is 0 Å². The number of ether oxygens (including phenoxy) is 3. The van der Waals surface area contributed by atoms with Gasteiger partial charge in [-0.1, -0.05) is 20.8 Å². The Kier molecular flexibility index (Phi) is 29.4. The van der Waals surface area contributed by atoms with Gasteiger partial charge in [0.15, 0.2) is 0 Å². The Balaban J connectivity index is -0.000000276. The van der Waals surface area contributed by atoms with Crippen LogP contribution in [0.5, 0.6) is 0 Å². The van der Waals surface area contributed by atoms with Gasteiger partial charge in [0.05, 0.1) is 69.4 Å². The van der Waals surface area contributed by atoms with Gasteiger partial charge >= 0.3 is 17.9 Å². The van der Waals surface area contributed by atoms with Crippen molar-refractivity contribution in [2.24, 2.45) is 0 Å². The first-order valence-corrected chi connectivity index (χ1v) is 16.4. The van der Waals surface area contributed by atoms with E-state index in [0.29, 0.717) is 39.1 Å². The molecular weight excluding hydrogens is 646 g/mol. The minimum absolute atomic E-state index is 0.0778. The fourth-order valence-corrected chi connectivity index (χ4v) is 2.81. The van der Waals surface area contributed by atoms with E-state index in [1.165, 1.54) is 0 Å². The van der Waals surface area contributed by atoms with E-state index < -0.39 is 36.4 Å². The summed E-state index contributed by atoms with van der Waals surface area (Å²) in [7, 11) is 18.7. The molecule has 290 valence electrons. The summed E-state index contributed by atoms with van der Waals surface area (Å²) in [5, 5.41) is 38.9. The molecule has 16 heteroatoms. The van der Waals surface area contributed by atoms with Crippen LogP contribution in [0.15, 0.2) is 0 Å². The smallest absolute Gasteiger partial charge is 0.305 e. The Morgan fingerprint density at radius 2 is 0.735 bits per heavy atom. The van der Waals surface area contributed by atoms with Gasteiger partial charge in [-0.25, -0.2) is 0 Å². The Morgan fingerprint density at radius 1 is 0.510 bits per heavy atom. The van der Waals surface area contributed by atoms with E-state index in [0.717, 1.165) is 52.3 Å². The van der Waals surface area contributed by atoms with Crippen molar-refractivity contribution in [3.63, 3.8) is 0 Å². The van der Waals surface area contributed by atoms with Crippen molar-refractivity contribution in [1.29, 1.82) is 0 Å². The Bertz CT molecular complexity index is 870. The number of hydrogen-bond donors (Lipinski definition) is 1. The van der Waals surface area contributed by atoms with E-state index in [9.17, 15) is 44.1 Å². The van der Waals surface area contributed by atoms with Gasteiger partial charge in [-0.15, -0.1) is 0 Å². The summed E-state index contributed by atoms with van der Waals surface area (Å²) in [5.74, 6) is -6.22. The van der Waals surface area contributed by atoms with Gasteiger partial charge in [0.25, 0.3) is 0 Å². The monoisotopic (exact) mass is 711 g/mol. The van der Waals surface area contributed by atoms with Crippen LogP contribution < -0.4 is 15.3 Å². The maximum absolute atomic E-state index is 10.9. The molecule has 0 bridgehead atoms. The van der Waals surface area contributed by atoms with Gasteiger partial charge in [0.2, 0.25) is 0 Å². The van der Waals surface area contributed by atoms with Crippen molar-refractivity contribution >= 4 is 35.8 Å². The van der Waals surface area contributed by atoms with Crippen molar-refractivity contribution in [2.75, 3.05) is 103 Å². The molecule has 0 radical (unpaired) electrons. The van der Waals surface area contributed by atoms with Crippen LogP contribution in [0.3, 0.4) is 0 Å². The zero-order valence-electron chi connectivity index (χ0n) is 32.1. The molecule has 0 fully saturated rings. The van der Waals surface area contributed by atoms with Crippen LogP contribution in [-0.4, -0.2) is 163 Å². The molecule has 0 aromatic heterocycles. The van der Waals surface area contributed by atoms with Crippen LogP contribution in [-0.2, 0) is 43.0 Å². The molecule has 0 spiro atoms. The minimum atomic E-state index is -2.97. The molecule has 0 heterocycles. The number of carbonyl (C=O) groups excluding carboxylic acids is 6. The standard InChI is InChI=1S/3C9H20NO2.C6H8O7/c3*1-5-6-9(11)12-8-7-10(2,3)4;7-3(8)1-6(13,5(11)12)2-4(9)10/h3*5-8H2,1-4H3;13H,1-2H2,(H,7,8)(H,9,10)(H,11,12)/q3*+1;/p-3. The van der Waals surface area contributed by atoms with Crippen LogP contribution in [0.2, 0.25) is 0 Å². The Hall–Kier alpha value is -3.34. The minimum Gasteiger partial charge on any atom is -0.550 e. The summed E-state index contributed by atoms with van der Waals surface area (Å²) in [5.41, 5.74) is -2.97. The topological polar surface area (TPSA) is 220 Å². The van der Waals surface area contributed by atoms with Gasteiger partial charge < -0.3 is 62.5 Å². The number of carboxylic acid groups (broad SMARTS) is 3.